The molecule has 0 aliphatic carbocycles. The molecule has 0 bridgehead atoms. The molecular formula is C19H15N3O6. The van der Waals surface area contributed by atoms with Gasteiger partial charge in [-0.25, -0.2) is 4.79 Å². The van der Waals surface area contributed by atoms with Gasteiger partial charge in [0, 0.05) is 0 Å². The van der Waals surface area contributed by atoms with Gasteiger partial charge in [0.2, 0.25) is 6.10 Å². The van der Waals surface area contributed by atoms with Gasteiger partial charge in [0.1, 0.15) is 6.61 Å². The van der Waals surface area contributed by atoms with Crippen molar-refractivity contribution in [3.8, 4) is 17.6 Å². The number of ether oxygens (including phenoxy) is 3. The molecule has 2 aromatic carbocycles. The standard InChI is InChI=1S/C19H15N3O6/c20-9-12-5-7-13(8-6-12)19(25)27-11-17(23)21-22-18(24)16-10-26-14-3-1-2-4-15(14)28-16/h1-8,16H,10-11H2,(H,21,23)(H,22,24)/t16-/m0/s1. The molecule has 2 N–H and O–H groups in total. The number of nitriles is 1. The van der Waals surface area contributed by atoms with E-state index in [0.29, 0.717) is 17.1 Å². The highest BCUT2D eigenvalue weighted by Gasteiger charge is 2.27. The predicted octanol–water partition coefficient (Wildman–Crippen LogP) is 0.702. The number of carbonyl (C=O) groups is 3. The molecule has 1 heterocycles. The van der Waals surface area contributed by atoms with Gasteiger partial charge in [0.15, 0.2) is 18.1 Å². The van der Waals surface area contributed by atoms with E-state index < -0.39 is 30.5 Å². The highest BCUT2D eigenvalue weighted by atomic mass is 16.6. The van der Waals surface area contributed by atoms with E-state index in [-0.39, 0.29) is 12.2 Å². The lowest BCUT2D eigenvalue weighted by molar-refractivity contribution is -0.135. The summed E-state index contributed by atoms with van der Waals surface area (Å²) in [7, 11) is 0. The van der Waals surface area contributed by atoms with E-state index in [1.165, 1.54) is 24.3 Å². The fraction of sp³-hybridized carbons (Fsp3) is 0.158. The molecule has 28 heavy (non-hydrogen) atoms. The second-order valence-corrected chi connectivity index (χ2v) is 5.67. The van der Waals surface area contributed by atoms with Crippen molar-refractivity contribution in [3.05, 3.63) is 59.7 Å². The minimum absolute atomic E-state index is 0.00754. The number of hydrogen-bond donors (Lipinski definition) is 2. The van der Waals surface area contributed by atoms with Crippen molar-refractivity contribution >= 4 is 17.8 Å². The molecule has 3 rings (SSSR count). The minimum Gasteiger partial charge on any atom is -0.485 e. The molecule has 0 unspecified atom stereocenters. The number of carbonyl (C=O) groups excluding carboxylic acids is 3. The van der Waals surface area contributed by atoms with Gasteiger partial charge < -0.3 is 14.2 Å². The summed E-state index contributed by atoms with van der Waals surface area (Å²) in [5.74, 6) is -1.11. The van der Waals surface area contributed by atoms with Crippen LogP contribution in [0.1, 0.15) is 15.9 Å². The quantitative estimate of drug-likeness (QED) is 0.590. The largest absolute Gasteiger partial charge is 0.485 e. The molecular weight excluding hydrogens is 366 g/mol. The smallest absolute Gasteiger partial charge is 0.338 e. The predicted molar refractivity (Wildman–Crippen MR) is 94.1 cm³/mol. The zero-order valence-electron chi connectivity index (χ0n) is 14.5. The van der Waals surface area contributed by atoms with Crippen molar-refractivity contribution in [3.63, 3.8) is 0 Å². The van der Waals surface area contributed by atoms with Crippen molar-refractivity contribution in [1.29, 1.82) is 5.26 Å². The summed E-state index contributed by atoms with van der Waals surface area (Å²) in [6.07, 6.45) is -0.934. The number of fused-ring (bicyclic) bond motifs is 1. The Balaban J connectivity index is 1.42. The number of hydrazine groups is 1. The highest BCUT2D eigenvalue weighted by molar-refractivity contribution is 5.92. The van der Waals surface area contributed by atoms with Crippen LogP contribution in [0.2, 0.25) is 0 Å². The number of nitrogens with one attached hydrogen (secondary N) is 2. The van der Waals surface area contributed by atoms with Gasteiger partial charge in [0.25, 0.3) is 11.8 Å². The van der Waals surface area contributed by atoms with E-state index in [4.69, 9.17) is 19.5 Å². The number of esters is 1. The number of nitrogens with zero attached hydrogens (tertiary/aromatic N) is 1. The van der Waals surface area contributed by atoms with Gasteiger partial charge in [-0.3, -0.25) is 20.4 Å². The molecule has 1 aliphatic rings. The molecule has 1 atom stereocenters. The van der Waals surface area contributed by atoms with E-state index in [0.717, 1.165) is 0 Å². The van der Waals surface area contributed by atoms with Crippen LogP contribution in [0.15, 0.2) is 48.5 Å². The van der Waals surface area contributed by atoms with Crippen molar-refractivity contribution in [1.82, 2.24) is 10.9 Å². The number of para-hydroxylation sites is 2. The molecule has 9 nitrogen and oxygen atoms in total. The molecule has 0 saturated carbocycles. The summed E-state index contributed by atoms with van der Waals surface area (Å²) in [6.45, 7) is -0.601. The Morgan fingerprint density at radius 3 is 2.50 bits per heavy atom. The Hall–Kier alpha value is -4.06. The average molecular weight is 381 g/mol. The molecule has 1 aliphatic heterocycles. The maximum Gasteiger partial charge on any atom is 0.338 e. The third-order valence-electron chi connectivity index (χ3n) is 3.71. The van der Waals surface area contributed by atoms with Gasteiger partial charge in [-0.15, -0.1) is 0 Å². The van der Waals surface area contributed by atoms with Gasteiger partial charge in [-0.05, 0) is 36.4 Å². The molecule has 0 fully saturated rings. The lowest BCUT2D eigenvalue weighted by Gasteiger charge is -2.25. The zero-order valence-corrected chi connectivity index (χ0v) is 14.5. The van der Waals surface area contributed by atoms with Crippen LogP contribution in [0, 0.1) is 11.3 Å². The van der Waals surface area contributed by atoms with Crippen LogP contribution in [0.25, 0.3) is 0 Å². The number of hydrogen-bond acceptors (Lipinski definition) is 7. The molecule has 9 heteroatoms. The van der Waals surface area contributed by atoms with E-state index in [2.05, 4.69) is 10.9 Å². The third kappa shape index (κ3) is 4.56. The van der Waals surface area contributed by atoms with Crippen LogP contribution in [-0.4, -0.2) is 37.1 Å². The molecule has 2 amide bonds. The molecule has 0 aromatic heterocycles. The zero-order chi connectivity index (χ0) is 19.9. The van der Waals surface area contributed by atoms with E-state index in [1.807, 2.05) is 6.07 Å². The van der Waals surface area contributed by atoms with Crippen LogP contribution >= 0.6 is 0 Å². The Morgan fingerprint density at radius 1 is 1.07 bits per heavy atom. The van der Waals surface area contributed by atoms with E-state index in [9.17, 15) is 14.4 Å². The maximum absolute atomic E-state index is 12.1. The average Bonchev–Trinajstić information content (AvgIpc) is 2.75. The Bertz CT molecular complexity index is 935. The fourth-order valence-corrected chi connectivity index (χ4v) is 2.29. The first kappa shape index (κ1) is 18.7. The summed E-state index contributed by atoms with van der Waals surface area (Å²) in [5.41, 5.74) is 4.92. The number of amides is 2. The van der Waals surface area contributed by atoms with E-state index in [1.54, 1.807) is 24.3 Å². The highest BCUT2D eigenvalue weighted by Crippen LogP contribution is 2.30. The Labute approximate surface area is 159 Å². The van der Waals surface area contributed by atoms with Gasteiger partial charge in [0.05, 0.1) is 17.2 Å². The minimum atomic E-state index is -0.934. The SMILES string of the molecule is N#Cc1ccc(C(=O)OCC(=O)NNC(=O)[C@@H]2COc3ccccc3O2)cc1. The first-order chi connectivity index (χ1) is 13.6. The topological polar surface area (TPSA) is 127 Å². The van der Waals surface area contributed by atoms with Crippen LogP contribution in [-0.2, 0) is 14.3 Å². The molecule has 2 aromatic rings. The van der Waals surface area contributed by atoms with Crippen LogP contribution in [0.3, 0.4) is 0 Å². The van der Waals surface area contributed by atoms with Gasteiger partial charge >= 0.3 is 5.97 Å². The van der Waals surface area contributed by atoms with Crippen molar-refractivity contribution < 1.29 is 28.6 Å². The molecule has 0 saturated heterocycles. The Kier molecular flexibility index (Phi) is 5.72. The summed E-state index contributed by atoms with van der Waals surface area (Å²) in [6, 6.07) is 14.6. The summed E-state index contributed by atoms with van der Waals surface area (Å²) in [4.78, 5) is 35.7. The Morgan fingerprint density at radius 2 is 1.79 bits per heavy atom. The van der Waals surface area contributed by atoms with Crippen molar-refractivity contribution in [2.75, 3.05) is 13.2 Å². The fourth-order valence-electron chi connectivity index (χ4n) is 2.29. The second-order valence-electron chi connectivity index (χ2n) is 5.67. The van der Waals surface area contributed by atoms with Crippen LogP contribution < -0.4 is 20.3 Å². The van der Waals surface area contributed by atoms with Crippen molar-refractivity contribution in [2.45, 2.75) is 6.10 Å². The lowest BCUT2D eigenvalue weighted by atomic mass is 10.1. The molecule has 0 radical (unpaired) electrons. The molecule has 0 spiro atoms. The summed E-state index contributed by atoms with van der Waals surface area (Å²) in [5, 5.41) is 8.72. The van der Waals surface area contributed by atoms with E-state index >= 15 is 0 Å². The number of rotatable bonds is 4. The normalized spacial score (nSPS) is 14.3. The summed E-state index contributed by atoms with van der Waals surface area (Å²) < 4.78 is 15.8. The number of benzene rings is 2. The first-order valence-corrected chi connectivity index (χ1v) is 8.21. The lowest BCUT2D eigenvalue weighted by Crippen LogP contribution is -2.51. The monoisotopic (exact) mass is 381 g/mol. The van der Waals surface area contributed by atoms with Gasteiger partial charge in [-0.2, -0.15) is 5.26 Å². The molecule has 142 valence electrons. The third-order valence-corrected chi connectivity index (χ3v) is 3.71. The maximum atomic E-state index is 12.1. The van der Waals surface area contributed by atoms with Crippen LogP contribution in [0.4, 0.5) is 0 Å². The van der Waals surface area contributed by atoms with Crippen molar-refractivity contribution in [2.24, 2.45) is 0 Å². The first-order valence-electron chi connectivity index (χ1n) is 8.21. The van der Waals surface area contributed by atoms with Crippen LogP contribution in [0.5, 0.6) is 11.5 Å². The summed E-state index contributed by atoms with van der Waals surface area (Å²) >= 11 is 0. The second kappa shape index (κ2) is 8.55. The van der Waals surface area contributed by atoms with Gasteiger partial charge in [-0.1, -0.05) is 12.1 Å².